The Kier molecular flexibility index (Phi) is 5.75. The SMILES string of the molecule is O=C(CN1C(=O)CCC1=O)NC(=S)Nc1sc2c(c1-c1nc3ccccc3s1)CCCC2. The lowest BCUT2D eigenvalue weighted by Crippen LogP contribution is -2.43. The number of aryl methyl sites for hydroxylation is 1. The van der Waals surface area contributed by atoms with Crippen LogP contribution in [0.25, 0.3) is 20.8 Å². The Morgan fingerprint density at radius 2 is 1.81 bits per heavy atom. The average molecular weight is 485 g/mol. The topological polar surface area (TPSA) is 91.4 Å². The monoisotopic (exact) mass is 484 g/mol. The van der Waals surface area contributed by atoms with E-state index in [1.165, 1.54) is 10.4 Å². The molecule has 2 aromatic heterocycles. The van der Waals surface area contributed by atoms with E-state index < -0.39 is 5.91 Å². The van der Waals surface area contributed by atoms with Crippen molar-refractivity contribution in [3.8, 4) is 10.6 Å². The molecule has 32 heavy (non-hydrogen) atoms. The van der Waals surface area contributed by atoms with Gasteiger partial charge < -0.3 is 10.6 Å². The second-order valence-corrected chi connectivity index (χ2v) is 10.3. The Morgan fingerprint density at radius 1 is 1.06 bits per heavy atom. The van der Waals surface area contributed by atoms with Gasteiger partial charge in [-0.3, -0.25) is 19.3 Å². The molecule has 5 rings (SSSR count). The number of carbonyl (C=O) groups is 3. The van der Waals surface area contributed by atoms with E-state index >= 15 is 0 Å². The lowest BCUT2D eigenvalue weighted by molar-refractivity contribution is -0.142. The summed E-state index contributed by atoms with van der Waals surface area (Å²) in [7, 11) is 0. The number of hydrogen-bond acceptors (Lipinski definition) is 7. The first-order valence-corrected chi connectivity index (χ1v) is 12.5. The summed E-state index contributed by atoms with van der Waals surface area (Å²) in [4.78, 5) is 43.0. The molecular formula is C22H20N4O3S3. The molecule has 0 spiro atoms. The number of imide groups is 1. The third kappa shape index (κ3) is 4.05. The van der Waals surface area contributed by atoms with E-state index in [2.05, 4.69) is 16.7 Å². The van der Waals surface area contributed by atoms with Crippen LogP contribution in [0.15, 0.2) is 24.3 Å². The molecule has 3 aromatic rings. The highest BCUT2D eigenvalue weighted by Gasteiger charge is 2.31. The molecule has 3 heterocycles. The Hall–Kier alpha value is -2.69. The number of fused-ring (bicyclic) bond motifs is 2. The molecule has 10 heteroatoms. The molecular weight excluding hydrogens is 464 g/mol. The van der Waals surface area contributed by atoms with Gasteiger partial charge in [-0.05, 0) is 55.6 Å². The number of aromatic nitrogens is 1. The van der Waals surface area contributed by atoms with E-state index in [9.17, 15) is 14.4 Å². The smallest absolute Gasteiger partial charge is 0.246 e. The number of nitrogens with one attached hydrogen (secondary N) is 2. The average Bonchev–Trinajstić information content (AvgIpc) is 3.44. The van der Waals surface area contributed by atoms with Crippen molar-refractivity contribution in [2.75, 3.05) is 11.9 Å². The first-order chi connectivity index (χ1) is 15.5. The Bertz CT molecular complexity index is 1210. The van der Waals surface area contributed by atoms with E-state index in [4.69, 9.17) is 17.2 Å². The van der Waals surface area contributed by atoms with Crippen LogP contribution < -0.4 is 10.6 Å². The van der Waals surface area contributed by atoms with Crippen molar-refractivity contribution in [2.45, 2.75) is 38.5 Å². The quantitative estimate of drug-likeness (QED) is 0.432. The number of benzene rings is 1. The van der Waals surface area contributed by atoms with Crippen LogP contribution in [0.2, 0.25) is 0 Å². The summed E-state index contributed by atoms with van der Waals surface area (Å²) in [5, 5.41) is 7.75. The van der Waals surface area contributed by atoms with Crippen molar-refractivity contribution >= 4 is 72.9 Å². The lowest BCUT2D eigenvalue weighted by Gasteiger charge is -2.14. The number of hydrogen-bond donors (Lipinski definition) is 2. The Morgan fingerprint density at radius 3 is 2.59 bits per heavy atom. The fourth-order valence-electron chi connectivity index (χ4n) is 4.10. The molecule has 0 atom stereocenters. The molecule has 0 unspecified atom stereocenters. The van der Waals surface area contributed by atoms with Gasteiger partial charge in [-0.2, -0.15) is 0 Å². The fraction of sp³-hybridized carbons (Fsp3) is 0.318. The Labute approximate surface area is 197 Å². The summed E-state index contributed by atoms with van der Waals surface area (Å²) in [6.07, 6.45) is 4.63. The van der Waals surface area contributed by atoms with Crippen molar-refractivity contribution in [1.82, 2.24) is 15.2 Å². The number of anilines is 1. The van der Waals surface area contributed by atoms with Crippen molar-refractivity contribution in [2.24, 2.45) is 0 Å². The van der Waals surface area contributed by atoms with Crippen LogP contribution in [0.4, 0.5) is 5.00 Å². The highest BCUT2D eigenvalue weighted by molar-refractivity contribution is 7.80. The molecule has 1 aliphatic heterocycles. The van der Waals surface area contributed by atoms with E-state index in [0.29, 0.717) is 0 Å². The Balaban J connectivity index is 1.38. The predicted molar refractivity (Wildman–Crippen MR) is 130 cm³/mol. The number of carbonyl (C=O) groups excluding carboxylic acids is 3. The van der Waals surface area contributed by atoms with Gasteiger partial charge in [-0.25, -0.2) is 4.98 Å². The van der Waals surface area contributed by atoms with Gasteiger partial charge in [-0.15, -0.1) is 22.7 Å². The van der Waals surface area contributed by atoms with E-state index in [1.807, 2.05) is 18.2 Å². The van der Waals surface area contributed by atoms with Gasteiger partial charge in [-0.1, -0.05) is 12.1 Å². The molecule has 0 bridgehead atoms. The maximum absolute atomic E-state index is 12.4. The zero-order valence-corrected chi connectivity index (χ0v) is 19.6. The van der Waals surface area contributed by atoms with Gasteiger partial charge in [0, 0.05) is 23.3 Å². The number of para-hydroxylation sites is 1. The van der Waals surface area contributed by atoms with E-state index in [-0.39, 0.29) is 36.3 Å². The van der Waals surface area contributed by atoms with Crippen molar-refractivity contribution in [3.05, 3.63) is 34.7 Å². The van der Waals surface area contributed by atoms with Crippen LogP contribution in [-0.2, 0) is 27.2 Å². The second kappa shape index (κ2) is 8.68. The number of rotatable bonds is 4. The lowest BCUT2D eigenvalue weighted by atomic mass is 9.96. The minimum atomic E-state index is -0.492. The summed E-state index contributed by atoms with van der Waals surface area (Å²) < 4.78 is 1.13. The standard InChI is InChI=1S/C22H20N4O3S3/c27-16(11-26-17(28)9-10-18(26)29)24-22(30)25-21-19(12-5-1-3-7-14(12)31-21)20-23-13-6-2-4-8-15(13)32-20/h2,4,6,8H,1,3,5,7,9-11H2,(H2,24,25,27,30). The molecule has 0 radical (unpaired) electrons. The van der Waals surface area contributed by atoms with Gasteiger partial charge in [0.1, 0.15) is 16.6 Å². The molecule has 1 aromatic carbocycles. The number of thiazole rings is 1. The number of likely N-dealkylation sites (tertiary alicyclic amines) is 1. The maximum atomic E-state index is 12.4. The molecule has 164 valence electrons. The largest absolute Gasteiger partial charge is 0.323 e. The second-order valence-electron chi connectivity index (χ2n) is 7.78. The van der Waals surface area contributed by atoms with Gasteiger partial charge in [0.25, 0.3) is 0 Å². The number of nitrogens with zero attached hydrogens (tertiary/aromatic N) is 2. The zero-order valence-electron chi connectivity index (χ0n) is 17.1. The molecule has 1 saturated heterocycles. The zero-order chi connectivity index (χ0) is 22.2. The van der Waals surface area contributed by atoms with Gasteiger partial charge >= 0.3 is 0 Å². The van der Waals surface area contributed by atoms with Crippen LogP contribution in [0.5, 0.6) is 0 Å². The normalized spacial score (nSPS) is 15.8. The van der Waals surface area contributed by atoms with Gasteiger partial charge in [0.2, 0.25) is 17.7 Å². The third-order valence-corrected chi connectivity index (χ3v) is 8.08. The highest BCUT2D eigenvalue weighted by Crippen LogP contribution is 2.46. The van der Waals surface area contributed by atoms with Crippen molar-refractivity contribution in [3.63, 3.8) is 0 Å². The summed E-state index contributed by atoms with van der Waals surface area (Å²) in [5.74, 6) is -1.14. The van der Waals surface area contributed by atoms with Crippen LogP contribution >= 0.6 is 34.9 Å². The first-order valence-electron chi connectivity index (χ1n) is 10.4. The fourth-order valence-corrected chi connectivity index (χ4v) is 6.79. The maximum Gasteiger partial charge on any atom is 0.246 e. The third-order valence-electron chi connectivity index (χ3n) is 5.62. The minimum absolute atomic E-state index is 0.148. The molecule has 3 amide bonds. The van der Waals surface area contributed by atoms with Crippen LogP contribution in [0.1, 0.15) is 36.1 Å². The van der Waals surface area contributed by atoms with Crippen LogP contribution in [0, 0.1) is 0 Å². The van der Waals surface area contributed by atoms with Crippen molar-refractivity contribution in [1.29, 1.82) is 0 Å². The summed E-state index contributed by atoms with van der Waals surface area (Å²) in [5.41, 5.74) is 3.34. The summed E-state index contributed by atoms with van der Waals surface area (Å²) in [6, 6.07) is 8.06. The number of thiophene rings is 1. The van der Waals surface area contributed by atoms with Crippen LogP contribution in [-0.4, -0.2) is 39.3 Å². The highest BCUT2D eigenvalue weighted by atomic mass is 32.1. The predicted octanol–water partition coefficient (Wildman–Crippen LogP) is 3.87. The molecule has 1 aliphatic carbocycles. The summed E-state index contributed by atoms with van der Waals surface area (Å²) in [6.45, 7) is -0.314. The van der Waals surface area contributed by atoms with E-state index in [1.54, 1.807) is 22.7 Å². The first kappa shape index (κ1) is 21.2. The van der Waals surface area contributed by atoms with E-state index in [0.717, 1.165) is 56.4 Å². The molecule has 7 nitrogen and oxygen atoms in total. The van der Waals surface area contributed by atoms with Crippen LogP contribution in [0.3, 0.4) is 0 Å². The molecule has 2 aliphatic rings. The van der Waals surface area contributed by atoms with Crippen molar-refractivity contribution < 1.29 is 14.4 Å². The minimum Gasteiger partial charge on any atom is -0.323 e. The van der Waals surface area contributed by atoms with Gasteiger partial charge in [0.15, 0.2) is 5.11 Å². The molecule has 2 N–H and O–H groups in total. The molecule has 0 saturated carbocycles. The van der Waals surface area contributed by atoms with Gasteiger partial charge in [0.05, 0.1) is 10.2 Å². The molecule has 1 fully saturated rings. The summed E-state index contributed by atoms with van der Waals surface area (Å²) >= 11 is 8.69. The number of amides is 3. The number of thiocarbonyl (C=S) groups is 1.